The summed E-state index contributed by atoms with van der Waals surface area (Å²) in [6, 6.07) is 8.48. The minimum atomic E-state index is -3.62. The van der Waals surface area contributed by atoms with E-state index in [-0.39, 0.29) is 4.90 Å². The topological polar surface area (TPSA) is 59.1 Å². The molecule has 0 amide bonds. The first-order valence-corrected chi connectivity index (χ1v) is 7.88. The predicted octanol–water partition coefficient (Wildman–Crippen LogP) is 3.26. The van der Waals surface area contributed by atoms with Crippen LogP contribution in [0.15, 0.2) is 45.9 Å². The first kappa shape index (κ1) is 14.0. The van der Waals surface area contributed by atoms with Gasteiger partial charge in [-0.15, -0.1) is 0 Å². The average Bonchev–Trinajstić information content (AvgIpc) is 2.31. The molecule has 0 radical (unpaired) electrons. The molecule has 1 aromatic carbocycles. The van der Waals surface area contributed by atoms with Crippen molar-refractivity contribution in [2.24, 2.45) is 0 Å². The third-order valence-corrected chi connectivity index (χ3v) is 4.97. The molecule has 6 heteroatoms. The molecule has 2 aromatic rings. The van der Waals surface area contributed by atoms with Crippen LogP contribution in [0.25, 0.3) is 0 Å². The third kappa shape index (κ3) is 3.13. The van der Waals surface area contributed by atoms with Crippen molar-refractivity contribution in [3.8, 4) is 0 Å². The summed E-state index contributed by atoms with van der Waals surface area (Å²) in [6.45, 7) is 3.65. The van der Waals surface area contributed by atoms with E-state index in [0.717, 1.165) is 5.56 Å². The summed E-state index contributed by atoms with van der Waals surface area (Å²) in [5.74, 6) is 0. The van der Waals surface area contributed by atoms with E-state index in [0.29, 0.717) is 15.9 Å². The van der Waals surface area contributed by atoms with Crippen LogP contribution < -0.4 is 4.72 Å². The van der Waals surface area contributed by atoms with Gasteiger partial charge in [-0.2, -0.15) is 0 Å². The van der Waals surface area contributed by atoms with Crippen molar-refractivity contribution in [1.82, 2.24) is 4.98 Å². The van der Waals surface area contributed by atoms with Gasteiger partial charge in [0.1, 0.15) is 4.90 Å². The maximum Gasteiger partial charge on any atom is 0.263 e. The van der Waals surface area contributed by atoms with E-state index in [1.165, 1.54) is 0 Å². The molecule has 1 aromatic heterocycles. The summed E-state index contributed by atoms with van der Waals surface area (Å²) in [5.41, 5.74) is 2.10. The summed E-state index contributed by atoms with van der Waals surface area (Å²) >= 11 is 3.28. The Morgan fingerprint density at radius 1 is 1.21 bits per heavy atom. The highest BCUT2D eigenvalue weighted by atomic mass is 79.9. The zero-order valence-electron chi connectivity index (χ0n) is 10.5. The van der Waals surface area contributed by atoms with Gasteiger partial charge in [0, 0.05) is 10.7 Å². The molecular weight excluding hydrogens is 328 g/mol. The molecule has 0 aliphatic carbocycles. The minimum absolute atomic E-state index is 0.210. The van der Waals surface area contributed by atoms with Gasteiger partial charge in [0.15, 0.2) is 0 Å². The van der Waals surface area contributed by atoms with E-state index in [9.17, 15) is 8.42 Å². The Labute approximate surface area is 121 Å². The van der Waals surface area contributed by atoms with Gasteiger partial charge >= 0.3 is 0 Å². The van der Waals surface area contributed by atoms with Crippen LogP contribution in [0.4, 0.5) is 5.69 Å². The quantitative estimate of drug-likeness (QED) is 0.932. The van der Waals surface area contributed by atoms with Crippen LogP contribution in [-0.4, -0.2) is 13.4 Å². The first-order valence-electron chi connectivity index (χ1n) is 5.61. The number of aromatic nitrogens is 1. The molecule has 4 nitrogen and oxygen atoms in total. The molecule has 0 bridgehead atoms. The average molecular weight is 341 g/mol. The maximum absolute atomic E-state index is 12.3. The highest BCUT2D eigenvalue weighted by Crippen LogP contribution is 2.25. The third-order valence-electron chi connectivity index (χ3n) is 2.63. The van der Waals surface area contributed by atoms with Gasteiger partial charge < -0.3 is 0 Å². The Kier molecular flexibility index (Phi) is 3.91. The molecule has 2 rings (SSSR count). The number of nitrogens with one attached hydrogen (secondary N) is 1. The van der Waals surface area contributed by atoms with Crippen LogP contribution in [0.2, 0.25) is 0 Å². The van der Waals surface area contributed by atoms with Gasteiger partial charge in [-0.1, -0.05) is 6.07 Å². The molecular formula is C13H13BrN2O2S. The van der Waals surface area contributed by atoms with Crippen molar-refractivity contribution in [1.29, 1.82) is 0 Å². The van der Waals surface area contributed by atoms with Gasteiger partial charge in [-0.25, -0.2) is 8.42 Å². The highest BCUT2D eigenvalue weighted by Gasteiger charge is 2.18. The molecule has 19 heavy (non-hydrogen) atoms. The monoisotopic (exact) mass is 340 g/mol. The molecule has 1 N–H and O–H groups in total. The van der Waals surface area contributed by atoms with Gasteiger partial charge in [0.2, 0.25) is 0 Å². The van der Waals surface area contributed by atoms with E-state index in [4.69, 9.17) is 0 Å². The van der Waals surface area contributed by atoms with Crippen LogP contribution >= 0.6 is 15.9 Å². The van der Waals surface area contributed by atoms with Crippen LogP contribution in [-0.2, 0) is 10.0 Å². The summed E-state index contributed by atoms with van der Waals surface area (Å²) in [4.78, 5) is 4.26. The molecule has 100 valence electrons. The molecule has 0 saturated heterocycles. The number of sulfonamides is 1. The molecule has 0 spiro atoms. The molecule has 0 atom stereocenters. The number of pyridine rings is 1. The van der Waals surface area contributed by atoms with Crippen molar-refractivity contribution in [3.05, 3.63) is 52.3 Å². The SMILES string of the molecule is Cc1ccc(S(=O)(=O)Nc2cccnc2C)c(Br)c1. The number of nitrogens with zero attached hydrogens (tertiary/aromatic N) is 1. The lowest BCUT2D eigenvalue weighted by atomic mass is 10.2. The largest absolute Gasteiger partial charge is 0.278 e. The van der Waals surface area contributed by atoms with Crippen LogP contribution in [0.5, 0.6) is 0 Å². The minimum Gasteiger partial charge on any atom is -0.278 e. The molecule has 0 aliphatic rings. The van der Waals surface area contributed by atoms with Crippen molar-refractivity contribution in [2.45, 2.75) is 18.7 Å². The van der Waals surface area contributed by atoms with Gasteiger partial charge in [0.25, 0.3) is 10.0 Å². The van der Waals surface area contributed by atoms with Gasteiger partial charge in [0.05, 0.1) is 11.4 Å². The first-order chi connectivity index (χ1) is 8.90. The number of hydrogen-bond donors (Lipinski definition) is 1. The smallest absolute Gasteiger partial charge is 0.263 e. The zero-order valence-corrected chi connectivity index (χ0v) is 12.9. The summed E-state index contributed by atoms with van der Waals surface area (Å²) in [5, 5.41) is 0. The molecule has 0 aliphatic heterocycles. The Hall–Kier alpha value is -1.40. The zero-order chi connectivity index (χ0) is 14.0. The van der Waals surface area contributed by atoms with E-state index >= 15 is 0 Å². The van der Waals surface area contributed by atoms with E-state index in [2.05, 4.69) is 25.6 Å². The van der Waals surface area contributed by atoms with Crippen LogP contribution in [0.1, 0.15) is 11.3 Å². The number of halogens is 1. The number of hydrogen-bond acceptors (Lipinski definition) is 3. The lowest BCUT2D eigenvalue weighted by Crippen LogP contribution is -2.14. The number of rotatable bonds is 3. The molecule has 0 unspecified atom stereocenters. The molecule has 0 fully saturated rings. The fraction of sp³-hybridized carbons (Fsp3) is 0.154. The Bertz CT molecular complexity index is 714. The normalized spacial score (nSPS) is 11.3. The van der Waals surface area contributed by atoms with Crippen molar-refractivity contribution >= 4 is 31.6 Å². The fourth-order valence-corrected chi connectivity index (χ4v) is 3.93. The number of benzene rings is 1. The Balaban J connectivity index is 2.41. The van der Waals surface area contributed by atoms with Crippen LogP contribution in [0.3, 0.4) is 0 Å². The van der Waals surface area contributed by atoms with Crippen molar-refractivity contribution < 1.29 is 8.42 Å². The second-order valence-corrected chi connectivity index (χ2v) is 6.68. The number of aryl methyl sites for hydroxylation is 2. The number of anilines is 1. The maximum atomic E-state index is 12.3. The van der Waals surface area contributed by atoms with Crippen molar-refractivity contribution in [2.75, 3.05) is 4.72 Å². The van der Waals surface area contributed by atoms with E-state index < -0.39 is 10.0 Å². The standard InChI is InChI=1S/C13H13BrN2O2S/c1-9-5-6-13(11(14)8-9)19(17,18)16-12-4-3-7-15-10(12)2/h3-8,16H,1-2H3. The second kappa shape index (κ2) is 5.30. The second-order valence-electron chi connectivity index (χ2n) is 4.18. The summed E-state index contributed by atoms with van der Waals surface area (Å²) in [6.07, 6.45) is 1.62. The Morgan fingerprint density at radius 3 is 2.58 bits per heavy atom. The van der Waals surface area contributed by atoms with Crippen molar-refractivity contribution in [3.63, 3.8) is 0 Å². The molecule has 1 heterocycles. The van der Waals surface area contributed by atoms with Gasteiger partial charge in [-0.05, 0) is 59.6 Å². The van der Waals surface area contributed by atoms with Crippen LogP contribution in [0, 0.1) is 13.8 Å². The Morgan fingerprint density at radius 2 is 1.95 bits per heavy atom. The predicted molar refractivity (Wildman–Crippen MR) is 78.7 cm³/mol. The lowest BCUT2D eigenvalue weighted by Gasteiger charge is -2.11. The highest BCUT2D eigenvalue weighted by molar-refractivity contribution is 9.10. The lowest BCUT2D eigenvalue weighted by molar-refractivity contribution is 0.600. The summed E-state index contributed by atoms with van der Waals surface area (Å²) < 4.78 is 27.7. The molecule has 0 saturated carbocycles. The van der Waals surface area contributed by atoms with E-state index in [1.54, 1.807) is 43.5 Å². The summed E-state index contributed by atoms with van der Waals surface area (Å²) in [7, 11) is -3.62. The fourth-order valence-electron chi connectivity index (χ4n) is 1.62. The van der Waals surface area contributed by atoms with Gasteiger partial charge in [-0.3, -0.25) is 9.71 Å². The van der Waals surface area contributed by atoms with E-state index in [1.807, 2.05) is 6.92 Å².